The van der Waals surface area contributed by atoms with Gasteiger partial charge >= 0.3 is 0 Å². The Kier molecular flexibility index (Phi) is 4.99. The van der Waals surface area contributed by atoms with Crippen molar-refractivity contribution in [3.8, 4) is 5.75 Å². The Bertz CT molecular complexity index is 350. The molecule has 0 aliphatic heterocycles. The molecule has 0 fully saturated rings. The first-order chi connectivity index (χ1) is 7.69. The summed E-state index contributed by atoms with van der Waals surface area (Å²) in [6.07, 6.45) is 0.437. The number of carbonyl (C=O) groups is 1. The minimum Gasteiger partial charge on any atom is -0.496 e. The van der Waals surface area contributed by atoms with Gasteiger partial charge in [-0.2, -0.15) is 0 Å². The van der Waals surface area contributed by atoms with E-state index in [0.29, 0.717) is 13.0 Å². The van der Waals surface area contributed by atoms with Gasteiger partial charge in [-0.25, -0.2) is 0 Å². The van der Waals surface area contributed by atoms with Gasteiger partial charge in [0, 0.05) is 24.4 Å². The number of hydrogen-bond acceptors (Lipinski definition) is 3. The van der Waals surface area contributed by atoms with E-state index >= 15 is 0 Å². The molecule has 1 aromatic rings. The number of benzene rings is 1. The van der Waals surface area contributed by atoms with Crippen molar-refractivity contribution in [3.63, 3.8) is 0 Å². The van der Waals surface area contributed by atoms with Crippen molar-refractivity contribution in [1.82, 2.24) is 5.32 Å². The Morgan fingerprint density at radius 1 is 1.44 bits per heavy atom. The van der Waals surface area contributed by atoms with Crippen LogP contribution < -0.4 is 10.1 Å². The third-order valence-corrected chi connectivity index (χ3v) is 2.62. The fourth-order valence-corrected chi connectivity index (χ4v) is 1.63. The zero-order valence-corrected chi connectivity index (χ0v) is 10.1. The second kappa shape index (κ2) is 6.28. The summed E-state index contributed by atoms with van der Waals surface area (Å²) in [5, 5.41) is 3.01. The third-order valence-electron chi connectivity index (χ3n) is 2.62. The highest BCUT2D eigenvalue weighted by Gasteiger charge is 2.14. The van der Waals surface area contributed by atoms with E-state index in [1.165, 1.54) is 0 Å². The summed E-state index contributed by atoms with van der Waals surface area (Å²) in [5.74, 6) is 1.06. The first-order valence-corrected chi connectivity index (χ1v) is 5.48. The molecule has 1 aromatic carbocycles. The standard InChI is InChI=1S/C13H19NO2/c1-10(9-14-2)12(15)8-11-6-4-5-7-13(11)16-3/h4-7,10,14H,8-9H2,1-3H3. The fourth-order valence-electron chi connectivity index (χ4n) is 1.63. The monoisotopic (exact) mass is 221 g/mol. The van der Waals surface area contributed by atoms with Crippen LogP contribution >= 0.6 is 0 Å². The number of rotatable bonds is 6. The number of hydrogen-bond donors (Lipinski definition) is 1. The van der Waals surface area contributed by atoms with Crippen LogP contribution in [0.3, 0.4) is 0 Å². The summed E-state index contributed by atoms with van der Waals surface area (Å²) in [7, 11) is 3.48. The average molecular weight is 221 g/mol. The minimum atomic E-state index is 0.0370. The number of para-hydroxylation sites is 1. The molecule has 0 saturated heterocycles. The van der Waals surface area contributed by atoms with Crippen molar-refractivity contribution in [2.24, 2.45) is 5.92 Å². The van der Waals surface area contributed by atoms with E-state index in [4.69, 9.17) is 4.74 Å². The second-order valence-electron chi connectivity index (χ2n) is 3.91. The lowest BCUT2D eigenvalue weighted by Gasteiger charge is -2.11. The molecule has 88 valence electrons. The Morgan fingerprint density at radius 2 is 2.12 bits per heavy atom. The van der Waals surface area contributed by atoms with E-state index in [1.54, 1.807) is 7.11 Å². The first kappa shape index (κ1) is 12.7. The molecule has 0 heterocycles. The molecule has 1 atom stereocenters. The number of methoxy groups -OCH3 is 1. The topological polar surface area (TPSA) is 38.3 Å². The summed E-state index contributed by atoms with van der Waals surface area (Å²) in [6, 6.07) is 7.64. The maximum absolute atomic E-state index is 11.9. The highest BCUT2D eigenvalue weighted by Crippen LogP contribution is 2.19. The number of ketones is 1. The molecule has 3 nitrogen and oxygen atoms in total. The van der Waals surface area contributed by atoms with Crippen LogP contribution in [-0.2, 0) is 11.2 Å². The van der Waals surface area contributed by atoms with Gasteiger partial charge in [-0.1, -0.05) is 25.1 Å². The smallest absolute Gasteiger partial charge is 0.141 e. The quantitative estimate of drug-likeness (QED) is 0.794. The van der Waals surface area contributed by atoms with Crippen LogP contribution in [0.4, 0.5) is 0 Å². The van der Waals surface area contributed by atoms with E-state index in [9.17, 15) is 4.79 Å². The summed E-state index contributed by atoms with van der Waals surface area (Å²) in [4.78, 5) is 11.9. The van der Waals surface area contributed by atoms with Gasteiger partial charge in [0.25, 0.3) is 0 Å². The highest BCUT2D eigenvalue weighted by atomic mass is 16.5. The van der Waals surface area contributed by atoms with E-state index in [2.05, 4.69) is 5.32 Å². The van der Waals surface area contributed by atoms with Gasteiger partial charge < -0.3 is 10.1 Å². The van der Waals surface area contributed by atoms with Crippen molar-refractivity contribution in [2.75, 3.05) is 20.7 Å². The van der Waals surface area contributed by atoms with Crippen molar-refractivity contribution < 1.29 is 9.53 Å². The normalized spacial score (nSPS) is 12.2. The molecule has 0 aliphatic carbocycles. The van der Waals surface area contributed by atoms with Crippen LogP contribution in [0.5, 0.6) is 5.75 Å². The number of Topliss-reactive ketones (excluding diaryl/α,β-unsaturated/α-hetero) is 1. The molecule has 1 unspecified atom stereocenters. The minimum absolute atomic E-state index is 0.0370. The first-order valence-electron chi connectivity index (χ1n) is 5.48. The zero-order valence-electron chi connectivity index (χ0n) is 10.1. The summed E-state index contributed by atoms with van der Waals surface area (Å²) in [6.45, 7) is 2.65. The van der Waals surface area contributed by atoms with Crippen LogP contribution in [0.15, 0.2) is 24.3 Å². The summed E-state index contributed by atoms with van der Waals surface area (Å²) >= 11 is 0. The van der Waals surface area contributed by atoms with Gasteiger partial charge in [-0.05, 0) is 13.1 Å². The number of ether oxygens (including phenoxy) is 1. The molecule has 3 heteroatoms. The largest absolute Gasteiger partial charge is 0.496 e. The Balaban J connectivity index is 2.69. The highest BCUT2D eigenvalue weighted by molar-refractivity contribution is 5.83. The van der Waals surface area contributed by atoms with Gasteiger partial charge in [0.05, 0.1) is 7.11 Å². The SMILES string of the molecule is CNCC(C)C(=O)Cc1ccccc1OC. The Labute approximate surface area is 96.8 Å². The van der Waals surface area contributed by atoms with Crippen molar-refractivity contribution >= 4 is 5.78 Å². The number of carbonyl (C=O) groups excluding carboxylic acids is 1. The molecule has 0 aromatic heterocycles. The molecule has 1 rings (SSSR count). The Morgan fingerprint density at radius 3 is 2.75 bits per heavy atom. The second-order valence-corrected chi connectivity index (χ2v) is 3.91. The molecule has 0 amide bonds. The van der Waals surface area contributed by atoms with Crippen molar-refractivity contribution in [3.05, 3.63) is 29.8 Å². The fraction of sp³-hybridized carbons (Fsp3) is 0.462. The predicted molar refractivity (Wildman–Crippen MR) is 64.8 cm³/mol. The van der Waals surface area contributed by atoms with E-state index in [0.717, 1.165) is 11.3 Å². The average Bonchev–Trinajstić information content (AvgIpc) is 2.30. The van der Waals surface area contributed by atoms with E-state index < -0.39 is 0 Å². The molecule has 1 N–H and O–H groups in total. The summed E-state index contributed by atoms with van der Waals surface area (Å²) in [5.41, 5.74) is 0.956. The molecule has 0 spiro atoms. The molecular formula is C13H19NO2. The van der Waals surface area contributed by atoms with Gasteiger partial charge in [-0.15, -0.1) is 0 Å². The molecule has 0 bridgehead atoms. The number of nitrogens with one attached hydrogen (secondary N) is 1. The third kappa shape index (κ3) is 3.35. The Hall–Kier alpha value is -1.35. The molecule has 0 radical (unpaired) electrons. The van der Waals surface area contributed by atoms with Gasteiger partial charge in [0.1, 0.15) is 11.5 Å². The lowest BCUT2D eigenvalue weighted by atomic mass is 9.99. The molecular weight excluding hydrogens is 202 g/mol. The van der Waals surface area contributed by atoms with Gasteiger partial charge in [-0.3, -0.25) is 4.79 Å². The molecule has 0 aliphatic rings. The van der Waals surface area contributed by atoms with Crippen molar-refractivity contribution in [1.29, 1.82) is 0 Å². The molecule has 16 heavy (non-hydrogen) atoms. The van der Waals surface area contributed by atoms with Gasteiger partial charge in [0.15, 0.2) is 0 Å². The zero-order chi connectivity index (χ0) is 12.0. The predicted octanol–water partition coefficient (Wildman–Crippen LogP) is 1.66. The molecule has 0 saturated carbocycles. The van der Waals surface area contributed by atoms with Crippen LogP contribution in [0.2, 0.25) is 0 Å². The van der Waals surface area contributed by atoms with Crippen LogP contribution in [0.25, 0.3) is 0 Å². The van der Waals surface area contributed by atoms with Crippen LogP contribution in [0.1, 0.15) is 12.5 Å². The maximum atomic E-state index is 11.9. The van der Waals surface area contributed by atoms with Crippen LogP contribution in [-0.4, -0.2) is 26.5 Å². The van der Waals surface area contributed by atoms with E-state index in [-0.39, 0.29) is 11.7 Å². The lowest BCUT2D eigenvalue weighted by Crippen LogP contribution is -2.25. The maximum Gasteiger partial charge on any atom is 0.141 e. The summed E-state index contributed by atoms with van der Waals surface area (Å²) < 4.78 is 5.22. The van der Waals surface area contributed by atoms with Crippen molar-refractivity contribution in [2.45, 2.75) is 13.3 Å². The lowest BCUT2D eigenvalue weighted by molar-refractivity contribution is -0.121. The van der Waals surface area contributed by atoms with Crippen LogP contribution in [0, 0.1) is 5.92 Å². The van der Waals surface area contributed by atoms with Gasteiger partial charge in [0.2, 0.25) is 0 Å². The van der Waals surface area contributed by atoms with E-state index in [1.807, 2.05) is 38.2 Å².